The van der Waals surface area contributed by atoms with Crippen LogP contribution in [0.5, 0.6) is 0 Å². The molecule has 2 aromatic carbocycles. The molecule has 31 heavy (non-hydrogen) atoms. The van der Waals surface area contributed by atoms with E-state index in [1.807, 2.05) is 6.92 Å². The molecule has 4 heteroatoms. The summed E-state index contributed by atoms with van der Waals surface area (Å²) in [5, 5.41) is 1.21. The maximum atomic E-state index is 13.3. The summed E-state index contributed by atoms with van der Waals surface area (Å²) in [6.45, 7) is 7.65. The molecule has 0 saturated carbocycles. The highest BCUT2D eigenvalue weighted by atomic mass is 16.5. The topological polar surface area (TPSA) is 34.5 Å². The van der Waals surface area contributed by atoms with Gasteiger partial charge in [0.25, 0.3) is 0 Å². The van der Waals surface area contributed by atoms with Gasteiger partial charge in [-0.25, -0.2) is 0 Å². The Bertz CT molecular complexity index is 1180. The number of benzene rings is 2. The van der Waals surface area contributed by atoms with Gasteiger partial charge in [-0.3, -0.25) is 4.79 Å². The molecule has 1 saturated heterocycles. The Morgan fingerprint density at radius 3 is 2.48 bits per heavy atom. The standard InChI is InChI=1S/C27H30N2O2/c1-17-11-13-20(14-12-17)26-24(22-9-5-6-10-23(22)28(26)4)25-18(2)19(3)27(30)29(25)16-21-8-7-15-31-21/h5-6,9-14,21,25H,7-8,15-16H2,1-4H3/t21-,25+/m0/s1. The second kappa shape index (κ2) is 7.69. The van der Waals surface area contributed by atoms with Gasteiger partial charge in [-0.15, -0.1) is 0 Å². The van der Waals surface area contributed by atoms with Crippen LogP contribution < -0.4 is 0 Å². The molecule has 4 nitrogen and oxygen atoms in total. The molecule has 5 rings (SSSR count). The number of ether oxygens (including phenoxy) is 1. The van der Waals surface area contributed by atoms with E-state index in [2.05, 4.69) is 78.9 Å². The third kappa shape index (κ3) is 3.21. The molecule has 0 unspecified atom stereocenters. The fourth-order valence-corrected chi connectivity index (χ4v) is 5.27. The summed E-state index contributed by atoms with van der Waals surface area (Å²) in [6.07, 6.45) is 2.23. The number of nitrogens with zero attached hydrogens (tertiary/aromatic N) is 2. The number of carbonyl (C=O) groups is 1. The summed E-state index contributed by atoms with van der Waals surface area (Å²) in [7, 11) is 2.13. The van der Waals surface area contributed by atoms with Crippen LogP contribution >= 0.6 is 0 Å². The molecule has 0 spiro atoms. The van der Waals surface area contributed by atoms with Gasteiger partial charge in [0, 0.05) is 42.2 Å². The lowest BCUT2D eigenvalue weighted by Gasteiger charge is -2.30. The summed E-state index contributed by atoms with van der Waals surface area (Å²) in [5.74, 6) is 0.140. The minimum atomic E-state index is -0.0703. The van der Waals surface area contributed by atoms with Crippen LogP contribution in [0.15, 0.2) is 59.7 Å². The SMILES string of the molecule is CC1=C(C)[C@H](c2c(-c3ccc(C)cc3)n(C)c3ccccc23)N(C[C@@H]2CCCO2)C1=O. The lowest BCUT2D eigenvalue weighted by Crippen LogP contribution is -2.36. The fraction of sp³-hybridized carbons (Fsp3) is 0.370. The number of hydrogen-bond acceptors (Lipinski definition) is 2. The van der Waals surface area contributed by atoms with Crippen LogP contribution in [0.2, 0.25) is 0 Å². The van der Waals surface area contributed by atoms with Crippen molar-refractivity contribution < 1.29 is 9.53 Å². The van der Waals surface area contributed by atoms with Crippen LogP contribution in [0.3, 0.4) is 0 Å². The van der Waals surface area contributed by atoms with E-state index in [1.54, 1.807) is 0 Å². The van der Waals surface area contributed by atoms with Gasteiger partial charge in [0.2, 0.25) is 5.91 Å². The van der Waals surface area contributed by atoms with Gasteiger partial charge in [0.15, 0.2) is 0 Å². The van der Waals surface area contributed by atoms with Crippen LogP contribution in [0, 0.1) is 6.92 Å². The Balaban J connectivity index is 1.73. The van der Waals surface area contributed by atoms with E-state index in [9.17, 15) is 4.79 Å². The van der Waals surface area contributed by atoms with E-state index >= 15 is 0 Å². The van der Waals surface area contributed by atoms with E-state index in [-0.39, 0.29) is 18.1 Å². The number of fused-ring (bicyclic) bond motifs is 1. The van der Waals surface area contributed by atoms with E-state index in [0.717, 1.165) is 30.6 Å². The molecule has 2 aliphatic rings. The van der Waals surface area contributed by atoms with Crippen LogP contribution in [0.1, 0.15) is 43.9 Å². The van der Waals surface area contributed by atoms with Gasteiger partial charge in [0.1, 0.15) is 0 Å². The Morgan fingerprint density at radius 2 is 1.77 bits per heavy atom. The Labute approximate surface area is 184 Å². The Kier molecular flexibility index (Phi) is 4.98. The lowest BCUT2D eigenvalue weighted by molar-refractivity contribution is -0.128. The number of hydrogen-bond donors (Lipinski definition) is 0. The van der Waals surface area contributed by atoms with Crippen LogP contribution in [0.25, 0.3) is 22.2 Å². The molecule has 3 aromatic rings. The van der Waals surface area contributed by atoms with Gasteiger partial charge >= 0.3 is 0 Å². The fourth-order valence-electron chi connectivity index (χ4n) is 5.27. The van der Waals surface area contributed by atoms with Gasteiger partial charge in [-0.2, -0.15) is 0 Å². The minimum absolute atomic E-state index is 0.0703. The number of carbonyl (C=O) groups excluding carboxylic acids is 1. The summed E-state index contributed by atoms with van der Waals surface area (Å²) >= 11 is 0. The minimum Gasteiger partial charge on any atom is -0.376 e. The first-order valence-corrected chi connectivity index (χ1v) is 11.2. The Morgan fingerprint density at radius 1 is 1.03 bits per heavy atom. The largest absolute Gasteiger partial charge is 0.376 e. The molecule has 1 amide bonds. The third-order valence-electron chi connectivity index (χ3n) is 7.06. The average molecular weight is 415 g/mol. The Hall–Kier alpha value is -2.85. The summed E-state index contributed by atoms with van der Waals surface area (Å²) in [5.41, 5.74) is 8.04. The first-order valence-electron chi connectivity index (χ1n) is 11.2. The van der Waals surface area contributed by atoms with E-state index in [0.29, 0.717) is 6.54 Å². The predicted molar refractivity (Wildman–Crippen MR) is 125 cm³/mol. The van der Waals surface area contributed by atoms with Crippen molar-refractivity contribution in [3.63, 3.8) is 0 Å². The van der Waals surface area contributed by atoms with Crippen molar-refractivity contribution >= 4 is 16.8 Å². The van der Waals surface area contributed by atoms with Gasteiger partial charge in [-0.05, 0) is 50.8 Å². The predicted octanol–water partition coefficient (Wildman–Crippen LogP) is 5.55. The van der Waals surface area contributed by atoms with E-state index in [1.165, 1.54) is 33.3 Å². The zero-order valence-corrected chi connectivity index (χ0v) is 18.8. The number of rotatable bonds is 4. The van der Waals surface area contributed by atoms with Gasteiger partial charge in [-0.1, -0.05) is 48.0 Å². The molecule has 0 radical (unpaired) electrons. The maximum absolute atomic E-state index is 13.3. The summed E-state index contributed by atoms with van der Waals surface area (Å²) in [4.78, 5) is 15.4. The zero-order valence-electron chi connectivity index (χ0n) is 18.8. The van der Waals surface area contributed by atoms with Gasteiger partial charge < -0.3 is 14.2 Å². The van der Waals surface area contributed by atoms with E-state index in [4.69, 9.17) is 4.74 Å². The van der Waals surface area contributed by atoms with Crippen molar-refractivity contribution in [2.75, 3.05) is 13.2 Å². The monoisotopic (exact) mass is 414 g/mol. The summed E-state index contributed by atoms with van der Waals surface area (Å²) < 4.78 is 8.20. The highest BCUT2D eigenvalue weighted by Gasteiger charge is 2.40. The van der Waals surface area contributed by atoms with Crippen molar-refractivity contribution in [2.45, 2.75) is 45.8 Å². The van der Waals surface area contributed by atoms with Crippen molar-refractivity contribution in [3.8, 4) is 11.3 Å². The van der Waals surface area contributed by atoms with Crippen LogP contribution in [-0.2, 0) is 16.6 Å². The first kappa shape index (κ1) is 20.1. The molecular formula is C27H30N2O2. The maximum Gasteiger partial charge on any atom is 0.250 e. The van der Waals surface area contributed by atoms with Gasteiger partial charge in [0.05, 0.1) is 17.8 Å². The number of amides is 1. The third-order valence-corrected chi connectivity index (χ3v) is 7.06. The summed E-state index contributed by atoms with van der Waals surface area (Å²) in [6, 6.07) is 17.2. The number of aromatic nitrogens is 1. The molecule has 160 valence electrons. The second-order valence-corrected chi connectivity index (χ2v) is 9.01. The van der Waals surface area contributed by atoms with Crippen LogP contribution in [0.4, 0.5) is 0 Å². The number of aryl methyl sites for hydroxylation is 2. The molecule has 2 aliphatic heterocycles. The molecular weight excluding hydrogens is 384 g/mol. The normalized spacial score (nSPS) is 21.7. The smallest absolute Gasteiger partial charge is 0.250 e. The highest BCUT2D eigenvalue weighted by molar-refractivity contribution is 6.00. The molecule has 1 fully saturated rings. The number of para-hydroxylation sites is 1. The molecule has 0 N–H and O–H groups in total. The average Bonchev–Trinajstić information content (AvgIpc) is 3.44. The lowest BCUT2D eigenvalue weighted by atomic mass is 9.93. The van der Waals surface area contributed by atoms with Crippen LogP contribution in [-0.4, -0.2) is 34.6 Å². The second-order valence-electron chi connectivity index (χ2n) is 9.01. The molecule has 1 aromatic heterocycles. The molecule has 2 atom stereocenters. The van der Waals surface area contributed by atoms with Crippen molar-refractivity contribution in [3.05, 3.63) is 70.8 Å². The van der Waals surface area contributed by atoms with E-state index < -0.39 is 0 Å². The quantitative estimate of drug-likeness (QED) is 0.561. The highest BCUT2D eigenvalue weighted by Crippen LogP contribution is 2.46. The molecule has 0 aliphatic carbocycles. The first-order chi connectivity index (χ1) is 15.0. The molecule has 3 heterocycles. The molecule has 0 bridgehead atoms. The van der Waals surface area contributed by atoms with Crippen molar-refractivity contribution in [2.24, 2.45) is 7.05 Å². The van der Waals surface area contributed by atoms with Crippen molar-refractivity contribution in [1.82, 2.24) is 9.47 Å². The van der Waals surface area contributed by atoms with Crippen molar-refractivity contribution in [1.29, 1.82) is 0 Å². The zero-order chi connectivity index (χ0) is 21.7.